The van der Waals surface area contributed by atoms with Crippen molar-refractivity contribution in [1.29, 1.82) is 0 Å². The van der Waals surface area contributed by atoms with Gasteiger partial charge in [-0.2, -0.15) is 0 Å². The Morgan fingerprint density at radius 1 is 1.39 bits per heavy atom. The lowest BCUT2D eigenvalue weighted by atomic mass is 9.96. The van der Waals surface area contributed by atoms with Crippen molar-refractivity contribution in [3.8, 4) is 0 Å². The summed E-state index contributed by atoms with van der Waals surface area (Å²) in [6.45, 7) is 3.02. The van der Waals surface area contributed by atoms with E-state index < -0.39 is 0 Å². The molecule has 96 valence electrons. The molecule has 3 heterocycles. The molecule has 18 heavy (non-hydrogen) atoms. The number of aryl methyl sites for hydroxylation is 1. The van der Waals surface area contributed by atoms with E-state index in [1.54, 1.807) is 0 Å². The van der Waals surface area contributed by atoms with Crippen LogP contribution in [0.25, 0.3) is 5.78 Å². The normalized spacial score (nSPS) is 25.7. The minimum Gasteiger partial charge on any atom is -0.328 e. The predicted molar refractivity (Wildman–Crippen MR) is 70.3 cm³/mol. The summed E-state index contributed by atoms with van der Waals surface area (Å²) >= 11 is 0. The Morgan fingerprint density at radius 2 is 2.22 bits per heavy atom. The quantitative estimate of drug-likeness (QED) is 0.818. The number of nitrogens with two attached hydrogens (primary N) is 1. The lowest BCUT2D eigenvalue weighted by Gasteiger charge is -2.35. The molecular formula is C13H19N5. The van der Waals surface area contributed by atoms with Gasteiger partial charge in [0.15, 0.2) is 0 Å². The molecule has 0 aliphatic carbocycles. The van der Waals surface area contributed by atoms with E-state index in [1.165, 1.54) is 0 Å². The Hall–Kier alpha value is -1.46. The molecule has 1 saturated heterocycles. The first-order chi connectivity index (χ1) is 8.63. The van der Waals surface area contributed by atoms with Gasteiger partial charge >= 0.3 is 0 Å². The van der Waals surface area contributed by atoms with Gasteiger partial charge in [0.05, 0.1) is 17.4 Å². The molecule has 0 spiro atoms. The molecule has 5 heteroatoms. The topological polar surface area (TPSA) is 59.5 Å². The Balaban J connectivity index is 1.97. The molecule has 5 nitrogen and oxygen atoms in total. The maximum absolute atomic E-state index is 6.07. The van der Waals surface area contributed by atoms with Crippen LogP contribution in [0.5, 0.6) is 0 Å². The molecule has 2 aromatic rings. The first-order valence-electron chi connectivity index (χ1n) is 6.41. The van der Waals surface area contributed by atoms with Gasteiger partial charge in [0.1, 0.15) is 0 Å². The van der Waals surface area contributed by atoms with Gasteiger partial charge < -0.3 is 5.73 Å². The van der Waals surface area contributed by atoms with Crippen molar-refractivity contribution >= 4 is 5.78 Å². The summed E-state index contributed by atoms with van der Waals surface area (Å²) < 4.78 is 1.96. The fraction of sp³-hybridized carbons (Fsp3) is 0.538. The number of aromatic nitrogens is 3. The zero-order valence-electron chi connectivity index (χ0n) is 10.9. The van der Waals surface area contributed by atoms with Gasteiger partial charge in [-0.25, -0.2) is 9.97 Å². The van der Waals surface area contributed by atoms with Crippen LogP contribution in [-0.2, 0) is 0 Å². The van der Waals surface area contributed by atoms with E-state index in [0.29, 0.717) is 6.04 Å². The third kappa shape index (κ3) is 2.00. The van der Waals surface area contributed by atoms with E-state index in [9.17, 15) is 0 Å². The first kappa shape index (κ1) is 11.6. The third-order valence-corrected chi connectivity index (χ3v) is 3.72. The van der Waals surface area contributed by atoms with Crippen LogP contribution in [0.2, 0.25) is 0 Å². The second kappa shape index (κ2) is 4.33. The van der Waals surface area contributed by atoms with Crippen LogP contribution < -0.4 is 5.73 Å². The van der Waals surface area contributed by atoms with Crippen LogP contribution in [0.3, 0.4) is 0 Å². The van der Waals surface area contributed by atoms with Crippen molar-refractivity contribution in [3.05, 3.63) is 29.8 Å². The monoisotopic (exact) mass is 245 g/mol. The number of likely N-dealkylation sites (tertiary alicyclic amines) is 1. The number of piperidine rings is 1. The number of imidazole rings is 1. The molecule has 2 N–H and O–H groups in total. The van der Waals surface area contributed by atoms with Crippen molar-refractivity contribution in [1.82, 2.24) is 19.3 Å². The van der Waals surface area contributed by atoms with Crippen molar-refractivity contribution in [3.63, 3.8) is 0 Å². The summed E-state index contributed by atoms with van der Waals surface area (Å²) in [5.41, 5.74) is 8.13. The molecule has 3 rings (SSSR count). The fourth-order valence-corrected chi connectivity index (χ4v) is 2.65. The van der Waals surface area contributed by atoms with E-state index in [-0.39, 0.29) is 6.04 Å². The molecule has 0 radical (unpaired) electrons. The zero-order valence-corrected chi connectivity index (χ0v) is 10.9. The van der Waals surface area contributed by atoms with E-state index in [0.717, 1.165) is 36.6 Å². The highest BCUT2D eigenvalue weighted by molar-refractivity contribution is 5.32. The molecule has 0 bridgehead atoms. The van der Waals surface area contributed by atoms with Gasteiger partial charge in [-0.05, 0) is 39.4 Å². The number of hydrogen-bond donors (Lipinski definition) is 1. The molecule has 0 amide bonds. The minimum absolute atomic E-state index is 0.283. The predicted octanol–water partition coefficient (Wildman–Crippen LogP) is 1.13. The summed E-state index contributed by atoms with van der Waals surface area (Å²) in [4.78, 5) is 11.4. The number of rotatable bonds is 1. The molecule has 1 fully saturated rings. The number of fused-ring (bicyclic) bond motifs is 1. The Bertz CT molecular complexity index is 562. The minimum atomic E-state index is 0.283. The average Bonchev–Trinajstić information content (AvgIpc) is 2.71. The highest BCUT2D eigenvalue weighted by atomic mass is 15.2. The van der Waals surface area contributed by atoms with E-state index in [4.69, 9.17) is 5.73 Å². The average molecular weight is 245 g/mol. The second-order valence-electron chi connectivity index (χ2n) is 5.22. The van der Waals surface area contributed by atoms with Gasteiger partial charge in [0.2, 0.25) is 5.78 Å². The molecular weight excluding hydrogens is 226 g/mol. The highest BCUT2D eigenvalue weighted by Crippen LogP contribution is 2.27. The van der Waals surface area contributed by atoms with Gasteiger partial charge in [-0.15, -0.1) is 0 Å². The lowest BCUT2D eigenvalue weighted by molar-refractivity contribution is 0.168. The van der Waals surface area contributed by atoms with Crippen molar-refractivity contribution < 1.29 is 0 Å². The van der Waals surface area contributed by atoms with Crippen LogP contribution in [0.4, 0.5) is 0 Å². The highest BCUT2D eigenvalue weighted by Gasteiger charge is 2.26. The smallest absolute Gasteiger partial charge is 0.234 e. The van der Waals surface area contributed by atoms with Crippen LogP contribution in [0, 0.1) is 6.92 Å². The molecule has 0 aromatic carbocycles. The summed E-state index contributed by atoms with van der Waals surface area (Å²) in [6, 6.07) is 2.68. The molecule has 2 aromatic heterocycles. The first-order valence-corrected chi connectivity index (χ1v) is 6.41. The molecule has 1 aliphatic rings. The maximum Gasteiger partial charge on any atom is 0.234 e. The van der Waals surface area contributed by atoms with Crippen LogP contribution >= 0.6 is 0 Å². The molecule has 2 unspecified atom stereocenters. The zero-order chi connectivity index (χ0) is 12.7. The Labute approximate surface area is 107 Å². The van der Waals surface area contributed by atoms with E-state index in [1.807, 2.05) is 23.7 Å². The van der Waals surface area contributed by atoms with Crippen LogP contribution in [-0.4, -0.2) is 38.9 Å². The van der Waals surface area contributed by atoms with E-state index >= 15 is 0 Å². The van der Waals surface area contributed by atoms with E-state index in [2.05, 4.69) is 28.0 Å². The largest absolute Gasteiger partial charge is 0.328 e. The van der Waals surface area contributed by atoms with Crippen molar-refractivity contribution in [2.75, 3.05) is 13.6 Å². The molecule has 0 saturated carbocycles. The van der Waals surface area contributed by atoms with Crippen molar-refractivity contribution in [2.24, 2.45) is 5.73 Å². The standard InChI is InChI=1S/C13H19N5/c1-9-8-18-6-4-11(16-13(18)15-9)12-7-10(14)3-5-17(12)2/h4,6,8,10,12H,3,5,7,14H2,1-2H3. The van der Waals surface area contributed by atoms with Crippen LogP contribution in [0.1, 0.15) is 30.3 Å². The number of hydrogen-bond acceptors (Lipinski definition) is 4. The molecule has 1 aliphatic heterocycles. The summed E-state index contributed by atoms with van der Waals surface area (Å²) in [5, 5.41) is 0. The molecule has 2 atom stereocenters. The number of nitrogens with zero attached hydrogens (tertiary/aromatic N) is 4. The third-order valence-electron chi connectivity index (χ3n) is 3.72. The Kier molecular flexibility index (Phi) is 2.80. The summed E-state index contributed by atoms with van der Waals surface area (Å²) in [7, 11) is 2.14. The summed E-state index contributed by atoms with van der Waals surface area (Å²) in [6.07, 6.45) is 6.06. The second-order valence-corrected chi connectivity index (χ2v) is 5.22. The van der Waals surface area contributed by atoms with Crippen molar-refractivity contribution in [2.45, 2.75) is 31.8 Å². The SMILES string of the molecule is Cc1cn2ccc(C3CC(N)CCN3C)nc2n1. The summed E-state index contributed by atoms with van der Waals surface area (Å²) in [5.74, 6) is 0.776. The van der Waals surface area contributed by atoms with Gasteiger partial charge in [0, 0.05) is 18.4 Å². The van der Waals surface area contributed by atoms with Gasteiger partial charge in [-0.3, -0.25) is 9.30 Å². The van der Waals surface area contributed by atoms with Crippen LogP contribution in [0.15, 0.2) is 18.5 Å². The maximum atomic E-state index is 6.07. The lowest BCUT2D eigenvalue weighted by Crippen LogP contribution is -2.40. The van der Waals surface area contributed by atoms with Gasteiger partial charge in [-0.1, -0.05) is 0 Å². The van der Waals surface area contributed by atoms with Gasteiger partial charge in [0.25, 0.3) is 0 Å². The Morgan fingerprint density at radius 3 is 3.06 bits per heavy atom. The fourth-order valence-electron chi connectivity index (χ4n) is 2.65.